The van der Waals surface area contributed by atoms with E-state index in [9.17, 15) is 10.1 Å². The van der Waals surface area contributed by atoms with Crippen LogP contribution < -0.4 is 14.8 Å². The summed E-state index contributed by atoms with van der Waals surface area (Å²) >= 11 is 0. The van der Waals surface area contributed by atoms with Crippen molar-refractivity contribution in [3.63, 3.8) is 0 Å². The number of amides is 1. The second kappa shape index (κ2) is 6.64. The fourth-order valence-corrected chi connectivity index (χ4v) is 1.55. The van der Waals surface area contributed by atoms with Gasteiger partial charge in [0, 0.05) is 17.5 Å². The number of nitriles is 1. The van der Waals surface area contributed by atoms with E-state index in [1.807, 2.05) is 0 Å². The van der Waals surface area contributed by atoms with Crippen molar-refractivity contribution in [1.82, 2.24) is 5.32 Å². The van der Waals surface area contributed by atoms with E-state index in [1.165, 1.54) is 7.11 Å². The van der Waals surface area contributed by atoms with Gasteiger partial charge in [-0.25, -0.2) is 0 Å². The van der Waals surface area contributed by atoms with Crippen LogP contribution in [0.15, 0.2) is 18.2 Å². The standard InChI is InChI=1S/C14H18N2O3/c1-9(2)14(17)16-12(8-15)11-6-5-10(18-3)7-13(11)19-4/h5-7,9,12H,1-4H3,(H,16,17). The molecule has 1 unspecified atom stereocenters. The van der Waals surface area contributed by atoms with Crippen LogP contribution in [0, 0.1) is 17.2 Å². The number of benzene rings is 1. The Morgan fingerprint density at radius 1 is 1.32 bits per heavy atom. The molecule has 0 aliphatic heterocycles. The van der Waals surface area contributed by atoms with Crippen molar-refractivity contribution in [3.05, 3.63) is 23.8 Å². The van der Waals surface area contributed by atoms with Gasteiger partial charge in [0.2, 0.25) is 5.91 Å². The van der Waals surface area contributed by atoms with Crippen molar-refractivity contribution >= 4 is 5.91 Å². The number of hydrogen-bond donors (Lipinski definition) is 1. The Hall–Kier alpha value is -2.22. The van der Waals surface area contributed by atoms with Gasteiger partial charge in [0.05, 0.1) is 20.3 Å². The number of carbonyl (C=O) groups is 1. The van der Waals surface area contributed by atoms with Crippen LogP contribution in [0.2, 0.25) is 0 Å². The van der Waals surface area contributed by atoms with E-state index in [2.05, 4.69) is 11.4 Å². The third-order valence-electron chi connectivity index (χ3n) is 2.69. The Balaban J connectivity index is 3.05. The molecule has 0 aliphatic rings. The molecule has 1 atom stereocenters. The van der Waals surface area contributed by atoms with E-state index in [0.717, 1.165) is 0 Å². The summed E-state index contributed by atoms with van der Waals surface area (Å²) in [6, 6.07) is 6.45. The van der Waals surface area contributed by atoms with Gasteiger partial charge in [0.15, 0.2) is 0 Å². The summed E-state index contributed by atoms with van der Waals surface area (Å²) in [6.45, 7) is 3.55. The second-order valence-corrected chi connectivity index (χ2v) is 4.33. The van der Waals surface area contributed by atoms with Crippen molar-refractivity contribution < 1.29 is 14.3 Å². The number of nitrogens with zero attached hydrogens (tertiary/aromatic N) is 1. The van der Waals surface area contributed by atoms with E-state index in [1.54, 1.807) is 39.2 Å². The van der Waals surface area contributed by atoms with Gasteiger partial charge < -0.3 is 14.8 Å². The predicted octanol–water partition coefficient (Wildman–Crippen LogP) is 2.04. The number of hydrogen-bond acceptors (Lipinski definition) is 4. The Morgan fingerprint density at radius 2 is 2.00 bits per heavy atom. The average molecular weight is 262 g/mol. The number of nitrogens with one attached hydrogen (secondary N) is 1. The van der Waals surface area contributed by atoms with Crippen LogP contribution in [0.1, 0.15) is 25.5 Å². The summed E-state index contributed by atoms with van der Waals surface area (Å²) < 4.78 is 10.3. The molecule has 0 bridgehead atoms. The minimum Gasteiger partial charge on any atom is -0.497 e. The largest absolute Gasteiger partial charge is 0.497 e. The Kier molecular flexibility index (Phi) is 5.19. The van der Waals surface area contributed by atoms with Crippen molar-refractivity contribution in [2.24, 2.45) is 5.92 Å². The van der Waals surface area contributed by atoms with Gasteiger partial charge >= 0.3 is 0 Å². The van der Waals surface area contributed by atoms with Gasteiger partial charge in [-0.15, -0.1) is 0 Å². The summed E-state index contributed by atoms with van der Waals surface area (Å²) in [5.41, 5.74) is 0.611. The molecule has 0 aromatic heterocycles. The molecule has 0 heterocycles. The van der Waals surface area contributed by atoms with Crippen LogP contribution in [0.3, 0.4) is 0 Å². The zero-order valence-corrected chi connectivity index (χ0v) is 11.6. The molecule has 102 valence electrons. The van der Waals surface area contributed by atoms with Gasteiger partial charge in [-0.2, -0.15) is 5.26 Å². The summed E-state index contributed by atoms with van der Waals surface area (Å²) in [7, 11) is 3.06. The molecule has 0 spiro atoms. The number of methoxy groups -OCH3 is 2. The van der Waals surface area contributed by atoms with E-state index in [4.69, 9.17) is 9.47 Å². The Bertz CT molecular complexity index is 492. The SMILES string of the molecule is COc1ccc(C(C#N)NC(=O)C(C)C)c(OC)c1. The molecule has 1 aromatic carbocycles. The zero-order chi connectivity index (χ0) is 14.4. The molecule has 5 nitrogen and oxygen atoms in total. The first-order valence-corrected chi connectivity index (χ1v) is 5.95. The van der Waals surface area contributed by atoms with Crippen molar-refractivity contribution in [1.29, 1.82) is 5.26 Å². The number of ether oxygens (including phenoxy) is 2. The molecule has 0 radical (unpaired) electrons. The number of carbonyl (C=O) groups excluding carboxylic acids is 1. The highest BCUT2D eigenvalue weighted by Gasteiger charge is 2.19. The maximum atomic E-state index is 11.7. The molecule has 0 fully saturated rings. The fraction of sp³-hybridized carbons (Fsp3) is 0.429. The van der Waals surface area contributed by atoms with E-state index < -0.39 is 6.04 Å². The maximum absolute atomic E-state index is 11.7. The van der Waals surface area contributed by atoms with Gasteiger partial charge in [-0.05, 0) is 12.1 Å². The maximum Gasteiger partial charge on any atom is 0.223 e. The zero-order valence-electron chi connectivity index (χ0n) is 11.6. The first kappa shape index (κ1) is 14.8. The minimum absolute atomic E-state index is 0.176. The topological polar surface area (TPSA) is 71.3 Å². The van der Waals surface area contributed by atoms with E-state index in [0.29, 0.717) is 17.1 Å². The number of rotatable bonds is 5. The summed E-state index contributed by atoms with van der Waals surface area (Å²) in [5, 5.41) is 11.9. The Morgan fingerprint density at radius 3 is 2.47 bits per heavy atom. The fourth-order valence-electron chi connectivity index (χ4n) is 1.55. The summed E-state index contributed by atoms with van der Waals surface area (Å²) in [6.07, 6.45) is 0. The lowest BCUT2D eigenvalue weighted by Crippen LogP contribution is -2.31. The highest BCUT2D eigenvalue weighted by atomic mass is 16.5. The van der Waals surface area contributed by atoms with Gasteiger partial charge in [0.1, 0.15) is 17.5 Å². The van der Waals surface area contributed by atoms with Crippen LogP contribution in [0.5, 0.6) is 11.5 Å². The quantitative estimate of drug-likeness (QED) is 0.881. The molecule has 0 saturated carbocycles. The summed E-state index contributed by atoms with van der Waals surface area (Å²) in [4.78, 5) is 11.7. The lowest BCUT2D eigenvalue weighted by molar-refractivity contribution is -0.124. The lowest BCUT2D eigenvalue weighted by Gasteiger charge is -2.17. The highest BCUT2D eigenvalue weighted by Crippen LogP contribution is 2.29. The van der Waals surface area contributed by atoms with Crippen molar-refractivity contribution in [2.45, 2.75) is 19.9 Å². The normalized spacial score (nSPS) is 11.6. The lowest BCUT2D eigenvalue weighted by atomic mass is 10.1. The third-order valence-corrected chi connectivity index (χ3v) is 2.69. The monoisotopic (exact) mass is 262 g/mol. The molecule has 5 heteroatoms. The van der Waals surface area contributed by atoms with Crippen LogP contribution in [0.4, 0.5) is 0 Å². The van der Waals surface area contributed by atoms with Gasteiger partial charge in [-0.1, -0.05) is 13.8 Å². The van der Waals surface area contributed by atoms with Gasteiger partial charge in [0.25, 0.3) is 0 Å². The van der Waals surface area contributed by atoms with Crippen LogP contribution in [-0.2, 0) is 4.79 Å². The minimum atomic E-state index is -0.740. The van der Waals surface area contributed by atoms with Crippen LogP contribution in [-0.4, -0.2) is 20.1 Å². The predicted molar refractivity (Wildman–Crippen MR) is 70.9 cm³/mol. The molecule has 1 aromatic rings. The third kappa shape index (κ3) is 3.62. The highest BCUT2D eigenvalue weighted by molar-refractivity contribution is 5.78. The summed E-state index contributed by atoms with van der Waals surface area (Å²) in [5.74, 6) is 0.784. The average Bonchev–Trinajstić information content (AvgIpc) is 2.43. The van der Waals surface area contributed by atoms with E-state index >= 15 is 0 Å². The van der Waals surface area contributed by atoms with Crippen LogP contribution >= 0.6 is 0 Å². The molecule has 0 aliphatic carbocycles. The van der Waals surface area contributed by atoms with E-state index in [-0.39, 0.29) is 11.8 Å². The Labute approximate surface area is 113 Å². The van der Waals surface area contributed by atoms with Crippen LogP contribution in [0.25, 0.3) is 0 Å². The molecule has 1 amide bonds. The van der Waals surface area contributed by atoms with Crippen molar-refractivity contribution in [2.75, 3.05) is 14.2 Å². The van der Waals surface area contributed by atoms with Crippen molar-refractivity contribution in [3.8, 4) is 17.6 Å². The second-order valence-electron chi connectivity index (χ2n) is 4.33. The smallest absolute Gasteiger partial charge is 0.223 e. The molecular weight excluding hydrogens is 244 g/mol. The molecule has 0 saturated heterocycles. The molecule has 1 N–H and O–H groups in total. The first-order valence-electron chi connectivity index (χ1n) is 5.95. The molecular formula is C14H18N2O3. The molecule has 19 heavy (non-hydrogen) atoms. The molecule has 1 rings (SSSR count). The first-order chi connectivity index (χ1) is 9.03. The van der Waals surface area contributed by atoms with Gasteiger partial charge in [-0.3, -0.25) is 4.79 Å².